The van der Waals surface area contributed by atoms with Crippen molar-refractivity contribution in [2.75, 3.05) is 33.3 Å². The number of benzene rings is 6. The third-order valence-corrected chi connectivity index (χ3v) is 9.42. The Hall–Kier alpha value is -5.68. The summed E-state index contributed by atoms with van der Waals surface area (Å²) in [6.07, 6.45) is 0. The first-order valence-corrected chi connectivity index (χ1v) is 15.6. The number of anilines is 1. The van der Waals surface area contributed by atoms with Gasteiger partial charge in [-0.15, -0.1) is 0 Å². The van der Waals surface area contributed by atoms with Crippen LogP contribution >= 0.6 is 0 Å². The van der Waals surface area contributed by atoms with Gasteiger partial charge in [-0.25, -0.2) is 0 Å². The van der Waals surface area contributed by atoms with Crippen LogP contribution in [-0.2, 0) is 11.1 Å². The normalized spacial score (nSPS) is 14.3. The molecule has 0 N–H and O–H groups in total. The number of hydrogen-bond acceptors (Lipinski definition) is 5. The van der Waals surface area contributed by atoms with Crippen molar-refractivity contribution in [2.24, 2.45) is 0 Å². The van der Waals surface area contributed by atoms with Crippen molar-refractivity contribution in [2.45, 2.75) is 11.1 Å². The molecule has 0 atom stereocenters. The summed E-state index contributed by atoms with van der Waals surface area (Å²) in [5.41, 5.74) is 6.21. The maximum absolute atomic E-state index is 5.65. The second-order valence-corrected chi connectivity index (χ2v) is 11.6. The van der Waals surface area contributed by atoms with Crippen LogP contribution in [0, 0.1) is 0 Å². The molecule has 0 unspecified atom stereocenters. The van der Waals surface area contributed by atoms with Crippen LogP contribution in [0.15, 0.2) is 152 Å². The number of ether oxygens (including phenoxy) is 4. The summed E-state index contributed by atoms with van der Waals surface area (Å²) in [6.45, 7) is 0. The van der Waals surface area contributed by atoms with Gasteiger partial charge in [0.1, 0.15) is 34.1 Å². The van der Waals surface area contributed by atoms with E-state index in [9.17, 15) is 0 Å². The minimum atomic E-state index is -0.795. The van der Waals surface area contributed by atoms with Gasteiger partial charge >= 0.3 is 0 Å². The van der Waals surface area contributed by atoms with E-state index >= 15 is 0 Å². The lowest BCUT2D eigenvalue weighted by Crippen LogP contribution is -2.54. The zero-order valence-electron chi connectivity index (χ0n) is 27.0. The van der Waals surface area contributed by atoms with Crippen LogP contribution in [-0.4, -0.2) is 28.4 Å². The average molecular weight is 620 g/mol. The predicted octanol–water partition coefficient (Wildman–Crippen LogP) is 8.83. The van der Waals surface area contributed by atoms with Crippen molar-refractivity contribution in [3.63, 3.8) is 0 Å². The van der Waals surface area contributed by atoms with E-state index in [2.05, 4.69) is 108 Å². The summed E-state index contributed by atoms with van der Waals surface area (Å²) in [6, 6.07) is 53.4. The van der Waals surface area contributed by atoms with Gasteiger partial charge < -0.3 is 23.8 Å². The van der Waals surface area contributed by atoms with Crippen LogP contribution in [0.1, 0.15) is 33.4 Å². The van der Waals surface area contributed by atoms with Crippen molar-refractivity contribution in [3.8, 4) is 23.0 Å². The molecule has 7 rings (SSSR count). The third-order valence-electron chi connectivity index (χ3n) is 9.42. The van der Waals surface area contributed by atoms with E-state index in [1.54, 1.807) is 28.4 Å². The molecular weight excluding hydrogens is 582 g/mol. The van der Waals surface area contributed by atoms with Gasteiger partial charge in [-0.05, 0) is 94.0 Å². The fourth-order valence-corrected chi connectivity index (χ4v) is 7.37. The molecule has 5 nitrogen and oxygen atoms in total. The first-order valence-electron chi connectivity index (χ1n) is 15.6. The Labute approximate surface area is 276 Å². The molecule has 0 bridgehead atoms. The van der Waals surface area contributed by atoms with Crippen LogP contribution in [0.2, 0.25) is 0 Å². The van der Waals surface area contributed by atoms with Gasteiger partial charge in [0.05, 0.1) is 28.4 Å². The van der Waals surface area contributed by atoms with Crippen LogP contribution in [0.4, 0.5) is 5.69 Å². The maximum atomic E-state index is 5.65. The van der Waals surface area contributed by atoms with Gasteiger partial charge in [-0.2, -0.15) is 0 Å². The van der Waals surface area contributed by atoms with E-state index in [0.29, 0.717) is 0 Å². The highest BCUT2D eigenvalue weighted by Gasteiger charge is 2.61. The monoisotopic (exact) mass is 619 g/mol. The third kappa shape index (κ3) is 4.61. The van der Waals surface area contributed by atoms with Gasteiger partial charge in [-0.3, -0.25) is 0 Å². The fraction of sp³-hybridized carbons (Fsp3) is 0.143. The van der Waals surface area contributed by atoms with Crippen LogP contribution in [0.3, 0.4) is 0 Å². The minimum Gasteiger partial charge on any atom is -0.497 e. The minimum absolute atomic E-state index is 0.795. The molecule has 5 heteroatoms. The number of para-hydroxylation sites is 1. The molecule has 0 fully saturated rings. The molecule has 0 aromatic heterocycles. The SMILES string of the molecule is COc1ccc(C2(c3ccc(OC)cc3)c3ccccc3C(c3ccc(OC)cc3)(c3ccc(OC)cc3)N2c2ccccc2)cc1. The summed E-state index contributed by atoms with van der Waals surface area (Å²) in [4.78, 5) is 2.60. The van der Waals surface area contributed by atoms with Crippen molar-refractivity contribution in [1.29, 1.82) is 0 Å². The second kappa shape index (κ2) is 12.3. The molecule has 0 saturated carbocycles. The van der Waals surface area contributed by atoms with Gasteiger partial charge in [0, 0.05) is 5.69 Å². The summed E-state index contributed by atoms with van der Waals surface area (Å²) in [5, 5.41) is 0. The number of methoxy groups -OCH3 is 4. The summed E-state index contributed by atoms with van der Waals surface area (Å²) in [7, 11) is 6.81. The Balaban J connectivity index is 1.69. The van der Waals surface area contributed by atoms with E-state index in [1.165, 1.54) is 11.1 Å². The van der Waals surface area contributed by atoms with Crippen LogP contribution < -0.4 is 23.8 Å². The molecule has 1 heterocycles. The van der Waals surface area contributed by atoms with Crippen molar-refractivity contribution in [3.05, 3.63) is 185 Å². The summed E-state index contributed by atoms with van der Waals surface area (Å²) in [5.74, 6) is 3.20. The lowest BCUT2D eigenvalue weighted by Gasteiger charge is -2.50. The number of hydrogen-bond donors (Lipinski definition) is 0. The molecule has 0 aliphatic carbocycles. The van der Waals surface area contributed by atoms with Gasteiger partial charge in [0.25, 0.3) is 0 Å². The predicted molar refractivity (Wildman–Crippen MR) is 187 cm³/mol. The van der Waals surface area contributed by atoms with E-state index in [-0.39, 0.29) is 0 Å². The summed E-state index contributed by atoms with van der Waals surface area (Å²) < 4.78 is 22.6. The zero-order chi connectivity index (χ0) is 32.4. The first kappa shape index (κ1) is 30.0. The van der Waals surface area contributed by atoms with Crippen LogP contribution in [0.25, 0.3) is 0 Å². The molecule has 234 valence electrons. The number of fused-ring (bicyclic) bond motifs is 1. The number of nitrogens with zero attached hydrogens (tertiary/aromatic N) is 1. The highest BCUT2D eigenvalue weighted by molar-refractivity contribution is 5.78. The highest BCUT2D eigenvalue weighted by Crippen LogP contribution is 2.62. The number of rotatable bonds is 9. The molecule has 0 spiro atoms. The van der Waals surface area contributed by atoms with E-state index < -0.39 is 11.1 Å². The van der Waals surface area contributed by atoms with E-state index in [4.69, 9.17) is 18.9 Å². The Morgan fingerprint density at radius 2 is 0.617 bits per heavy atom. The Morgan fingerprint density at radius 1 is 0.340 bits per heavy atom. The molecule has 0 saturated heterocycles. The van der Waals surface area contributed by atoms with Crippen molar-refractivity contribution >= 4 is 5.69 Å². The Bertz CT molecular complexity index is 1730. The largest absolute Gasteiger partial charge is 0.497 e. The van der Waals surface area contributed by atoms with Crippen molar-refractivity contribution in [1.82, 2.24) is 0 Å². The molecule has 6 aromatic rings. The van der Waals surface area contributed by atoms with E-state index in [1.807, 2.05) is 48.5 Å². The molecular formula is C42H37NO4. The molecule has 0 radical (unpaired) electrons. The average Bonchev–Trinajstić information content (AvgIpc) is 3.44. The lowest BCUT2D eigenvalue weighted by atomic mass is 9.76. The van der Waals surface area contributed by atoms with Gasteiger partial charge in [0.2, 0.25) is 0 Å². The fourth-order valence-electron chi connectivity index (χ4n) is 7.37. The molecule has 1 aliphatic rings. The zero-order valence-corrected chi connectivity index (χ0v) is 27.0. The summed E-state index contributed by atoms with van der Waals surface area (Å²) >= 11 is 0. The van der Waals surface area contributed by atoms with Gasteiger partial charge in [-0.1, -0.05) is 91.0 Å². The smallest absolute Gasteiger partial charge is 0.118 e. The second-order valence-electron chi connectivity index (χ2n) is 11.6. The molecule has 6 aromatic carbocycles. The lowest BCUT2D eigenvalue weighted by molar-refractivity contribution is 0.412. The maximum Gasteiger partial charge on any atom is 0.118 e. The molecule has 0 amide bonds. The highest BCUT2D eigenvalue weighted by atomic mass is 16.5. The van der Waals surface area contributed by atoms with Crippen LogP contribution in [0.5, 0.6) is 23.0 Å². The Morgan fingerprint density at radius 3 is 0.894 bits per heavy atom. The first-order chi connectivity index (χ1) is 23.1. The standard InChI is InChI=1S/C42H37NO4/c1-44-35-22-14-30(15-23-35)41(31-16-24-36(45-2)25-17-31)39-12-8-9-13-40(39)42(32-18-26-37(46-3)27-19-32,33-20-28-38(47-4)29-21-33)43(41)34-10-6-5-7-11-34/h5-29H,1-4H3. The molecule has 1 aliphatic heterocycles. The topological polar surface area (TPSA) is 40.2 Å². The van der Waals surface area contributed by atoms with E-state index in [0.717, 1.165) is 50.9 Å². The quantitative estimate of drug-likeness (QED) is 0.162. The van der Waals surface area contributed by atoms with Crippen molar-refractivity contribution < 1.29 is 18.9 Å². The molecule has 47 heavy (non-hydrogen) atoms. The van der Waals surface area contributed by atoms with Gasteiger partial charge in [0.15, 0.2) is 0 Å². The Kier molecular flexibility index (Phi) is 7.82.